The molecular formula is C15H23IN6O2. The summed E-state index contributed by atoms with van der Waals surface area (Å²) in [5.41, 5.74) is 6.71. The molecule has 24 heavy (non-hydrogen) atoms. The molecule has 1 aromatic heterocycles. The molecule has 0 aliphatic heterocycles. The van der Waals surface area contributed by atoms with Crippen molar-refractivity contribution in [2.75, 3.05) is 20.8 Å². The molecule has 8 nitrogen and oxygen atoms in total. The van der Waals surface area contributed by atoms with Gasteiger partial charge in [0.2, 0.25) is 0 Å². The van der Waals surface area contributed by atoms with Gasteiger partial charge in [-0.1, -0.05) is 0 Å². The summed E-state index contributed by atoms with van der Waals surface area (Å²) in [6.07, 6.45) is 0. The van der Waals surface area contributed by atoms with Crippen molar-refractivity contribution in [1.29, 1.82) is 0 Å². The van der Waals surface area contributed by atoms with Crippen molar-refractivity contribution in [2.24, 2.45) is 10.7 Å². The molecule has 0 saturated heterocycles. The van der Waals surface area contributed by atoms with E-state index in [9.17, 15) is 0 Å². The summed E-state index contributed by atoms with van der Waals surface area (Å²) in [7, 11) is 3.27. The van der Waals surface area contributed by atoms with Crippen LogP contribution >= 0.6 is 24.0 Å². The molecule has 4 N–H and O–H groups in total. The summed E-state index contributed by atoms with van der Waals surface area (Å²) in [5.74, 6) is 2.38. The number of guanidine groups is 1. The Morgan fingerprint density at radius 3 is 2.67 bits per heavy atom. The molecule has 1 heterocycles. The van der Waals surface area contributed by atoms with Crippen molar-refractivity contribution in [1.82, 2.24) is 20.5 Å². The van der Waals surface area contributed by atoms with Crippen molar-refractivity contribution in [3.05, 3.63) is 30.1 Å². The van der Waals surface area contributed by atoms with Crippen LogP contribution in [-0.4, -0.2) is 48.0 Å². The maximum absolute atomic E-state index is 5.81. The van der Waals surface area contributed by atoms with Gasteiger partial charge in [-0.3, -0.25) is 5.10 Å². The fourth-order valence-corrected chi connectivity index (χ4v) is 1.99. The molecule has 0 saturated carbocycles. The summed E-state index contributed by atoms with van der Waals surface area (Å²) in [5, 5.41) is 10.1. The molecule has 1 aromatic carbocycles. The lowest BCUT2D eigenvalue weighted by Crippen LogP contribution is -2.40. The number of benzene rings is 1. The third kappa shape index (κ3) is 5.96. The first-order valence-electron chi connectivity index (χ1n) is 7.23. The van der Waals surface area contributed by atoms with Crippen LogP contribution in [-0.2, 0) is 11.3 Å². The Balaban J connectivity index is 0.00000288. The fraction of sp³-hybridized carbons (Fsp3) is 0.400. The minimum absolute atomic E-state index is 0. The molecular weight excluding hydrogens is 423 g/mol. The quantitative estimate of drug-likeness (QED) is 0.338. The highest BCUT2D eigenvalue weighted by molar-refractivity contribution is 14.0. The highest BCUT2D eigenvalue weighted by Gasteiger charge is 2.06. The number of hydrogen-bond donors (Lipinski definition) is 3. The Morgan fingerprint density at radius 1 is 1.33 bits per heavy atom. The third-order valence-corrected chi connectivity index (χ3v) is 3.09. The van der Waals surface area contributed by atoms with E-state index in [0.717, 1.165) is 11.3 Å². The number of methoxy groups -OCH3 is 2. The van der Waals surface area contributed by atoms with Crippen LogP contribution in [0.2, 0.25) is 0 Å². The Kier molecular flexibility index (Phi) is 8.47. The largest absolute Gasteiger partial charge is 0.497 e. The zero-order chi connectivity index (χ0) is 16.7. The van der Waals surface area contributed by atoms with Gasteiger partial charge in [0.25, 0.3) is 0 Å². The van der Waals surface area contributed by atoms with Crippen LogP contribution in [0.1, 0.15) is 12.7 Å². The van der Waals surface area contributed by atoms with Gasteiger partial charge in [0.1, 0.15) is 18.1 Å². The highest BCUT2D eigenvalue weighted by Crippen LogP contribution is 2.18. The Hall–Kier alpha value is -1.88. The van der Waals surface area contributed by atoms with Gasteiger partial charge in [-0.25, -0.2) is 9.98 Å². The van der Waals surface area contributed by atoms with E-state index >= 15 is 0 Å². The Labute approximate surface area is 158 Å². The molecule has 0 amide bonds. The van der Waals surface area contributed by atoms with Gasteiger partial charge < -0.3 is 20.5 Å². The minimum atomic E-state index is 0. The first-order valence-corrected chi connectivity index (χ1v) is 7.23. The lowest BCUT2D eigenvalue weighted by atomic mass is 10.2. The summed E-state index contributed by atoms with van der Waals surface area (Å²) in [6.45, 7) is 2.84. The van der Waals surface area contributed by atoms with Crippen LogP contribution in [0.25, 0.3) is 11.4 Å². The molecule has 0 bridgehead atoms. The van der Waals surface area contributed by atoms with Crippen LogP contribution in [0, 0.1) is 0 Å². The van der Waals surface area contributed by atoms with E-state index in [1.807, 2.05) is 31.2 Å². The van der Waals surface area contributed by atoms with Crippen LogP contribution in [0.4, 0.5) is 0 Å². The molecule has 9 heteroatoms. The summed E-state index contributed by atoms with van der Waals surface area (Å²) in [6, 6.07) is 7.62. The van der Waals surface area contributed by atoms with E-state index in [1.54, 1.807) is 14.2 Å². The van der Waals surface area contributed by atoms with Gasteiger partial charge in [-0.2, -0.15) is 5.10 Å². The van der Waals surface area contributed by atoms with Gasteiger partial charge in [0, 0.05) is 18.7 Å². The Bertz CT molecular complexity index is 644. The van der Waals surface area contributed by atoms with Crippen molar-refractivity contribution in [3.8, 4) is 17.1 Å². The molecule has 0 spiro atoms. The van der Waals surface area contributed by atoms with Gasteiger partial charge in [0.15, 0.2) is 11.8 Å². The van der Waals surface area contributed by atoms with Crippen molar-refractivity contribution in [3.63, 3.8) is 0 Å². The van der Waals surface area contributed by atoms with Gasteiger partial charge in [-0.15, -0.1) is 24.0 Å². The van der Waals surface area contributed by atoms with E-state index in [4.69, 9.17) is 15.2 Å². The fourth-order valence-electron chi connectivity index (χ4n) is 1.99. The number of nitrogens with two attached hydrogens (primary N) is 1. The van der Waals surface area contributed by atoms with E-state index in [1.165, 1.54) is 0 Å². The first-order chi connectivity index (χ1) is 11.1. The predicted molar refractivity (Wildman–Crippen MR) is 104 cm³/mol. The highest BCUT2D eigenvalue weighted by atomic mass is 127. The molecule has 1 atom stereocenters. The molecule has 0 aliphatic rings. The van der Waals surface area contributed by atoms with Crippen LogP contribution < -0.4 is 15.8 Å². The average molecular weight is 446 g/mol. The number of nitrogens with one attached hydrogen (secondary N) is 2. The molecule has 2 aromatic rings. The minimum Gasteiger partial charge on any atom is -0.497 e. The standard InChI is InChI=1S/C15H22N6O2.HI/c1-10(9-22-2)18-15(16)17-8-13-19-14(21-20-13)11-4-6-12(23-3)7-5-11;/h4-7,10H,8-9H2,1-3H3,(H3,16,17,18)(H,19,20,21);1H. The van der Waals surface area contributed by atoms with Crippen molar-refractivity contribution >= 4 is 29.9 Å². The van der Waals surface area contributed by atoms with Crippen LogP contribution in [0.5, 0.6) is 5.75 Å². The number of aliphatic imine (C=N–C) groups is 1. The molecule has 132 valence electrons. The smallest absolute Gasteiger partial charge is 0.189 e. The lowest BCUT2D eigenvalue weighted by molar-refractivity contribution is 0.179. The summed E-state index contributed by atoms with van der Waals surface area (Å²) < 4.78 is 10.2. The number of aromatic nitrogens is 3. The number of rotatable bonds is 7. The SMILES string of the molecule is COCC(C)NC(N)=NCc1nc(-c2ccc(OC)cc2)n[nH]1.I. The molecule has 0 aliphatic carbocycles. The maximum Gasteiger partial charge on any atom is 0.189 e. The van der Waals surface area contributed by atoms with E-state index < -0.39 is 0 Å². The topological polar surface area (TPSA) is 110 Å². The summed E-state index contributed by atoms with van der Waals surface area (Å²) >= 11 is 0. The molecule has 2 rings (SSSR count). The number of H-pyrrole nitrogens is 1. The predicted octanol–water partition coefficient (Wildman–Crippen LogP) is 1.54. The molecule has 0 radical (unpaired) electrons. The maximum atomic E-state index is 5.81. The average Bonchev–Trinajstić information content (AvgIpc) is 3.02. The van der Waals surface area contributed by atoms with E-state index in [-0.39, 0.29) is 30.0 Å². The first kappa shape index (κ1) is 20.2. The zero-order valence-corrected chi connectivity index (χ0v) is 16.3. The normalized spacial score (nSPS) is 12.4. The number of nitrogens with zero attached hydrogens (tertiary/aromatic N) is 3. The second kappa shape index (κ2) is 10.1. The van der Waals surface area contributed by atoms with Gasteiger partial charge in [0.05, 0.1) is 13.7 Å². The second-order valence-corrected chi connectivity index (χ2v) is 5.04. The third-order valence-electron chi connectivity index (χ3n) is 3.09. The van der Waals surface area contributed by atoms with Gasteiger partial charge >= 0.3 is 0 Å². The molecule has 1 unspecified atom stereocenters. The van der Waals surface area contributed by atoms with Crippen LogP contribution in [0.3, 0.4) is 0 Å². The monoisotopic (exact) mass is 446 g/mol. The van der Waals surface area contributed by atoms with E-state index in [2.05, 4.69) is 25.5 Å². The lowest BCUT2D eigenvalue weighted by Gasteiger charge is -2.12. The summed E-state index contributed by atoms with van der Waals surface area (Å²) in [4.78, 5) is 8.63. The molecule has 0 fully saturated rings. The second-order valence-electron chi connectivity index (χ2n) is 5.04. The number of aromatic amines is 1. The number of ether oxygens (including phenoxy) is 2. The zero-order valence-electron chi connectivity index (χ0n) is 13.9. The van der Waals surface area contributed by atoms with Crippen LogP contribution in [0.15, 0.2) is 29.3 Å². The van der Waals surface area contributed by atoms with Crippen molar-refractivity contribution in [2.45, 2.75) is 19.5 Å². The Morgan fingerprint density at radius 2 is 2.04 bits per heavy atom. The number of halogens is 1. The van der Waals surface area contributed by atoms with Gasteiger partial charge in [-0.05, 0) is 31.2 Å². The number of hydrogen-bond acceptors (Lipinski definition) is 5. The van der Waals surface area contributed by atoms with Crippen molar-refractivity contribution < 1.29 is 9.47 Å². The van der Waals surface area contributed by atoms with E-state index in [0.29, 0.717) is 30.8 Å².